The Labute approximate surface area is 233 Å². The topological polar surface area (TPSA) is 96.0 Å². The Bertz CT molecular complexity index is 1240. The molecule has 1 aromatic rings. The molecule has 4 saturated carbocycles. The van der Waals surface area contributed by atoms with Crippen LogP contribution in [0.4, 0.5) is 0 Å². The van der Waals surface area contributed by atoms with Crippen molar-refractivity contribution < 1.29 is 14.1 Å². The molecule has 5 aliphatic rings. The summed E-state index contributed by atoms with van der Waals surface area (Å²) in [5, 5.41) is 17.7. The normalized spacial score (nSPS) is 45.3. The molecule has 1 heterocycles. The second-order valence-corrected chi connectivity index (χ2v) is 14.6. The zero-order valence-corrected chi connectivity index (χ0v) is 24.4. The van der Waals surface area contributed by atoms with Gasteiger partial charge in [0.1, 0.15) is 17.6 Å². The van der Waals surface area contributed by atoms with Crippen molar-refractivity contribution in [2.45, 2.75) is 92.5 Å². The maximum Gasteiger partial charge on any atom is 0.176 e. The third kappa shape index (κ3) is 4.01. The molecule has 10 unspecified atom stereocenters. The van der Waals surface area contributed by atoms with Crippen molar-refractivity contribution >= 4 is 11.6 Å². The first-order valence-electron chi connectivity index (χ1n) is 15.4. The standard InChI is InChI=1S/C33H45N3O3/c1-19-6-10-33(18-35-17-23-13-20(2)39-36-23)11-8-25-29(26(33)12-19)27(37)14-28-31(25,4)9-7-24-21(3)30(38)22(16-34)15-32(24,28)5/h13,15,19,21,24-26,28-29,35H,6-12,14,17-18H2,1-5H3. The van der Waals surface area contributed by atoms with Crippen LogP contribution in [0.3, 0.4) is 0 Å². The lowest BCUT2D eigenvalue weighted by Gasteiger charge is -2.67. The molecule has 5 aliphatic carbocycles. The molecule has 0 saturated heterocycles. The molecule has 0 aromatic carbocycles. The lowest BCUT2D eigenvalue weighted by atomic mass is 9.37. The van der Waals surface area contributed by atoms with E-state index in [9.17, 15) is 14.9 Å². The molecule has 4 fully saturated rings. The highest BCUT2D eigenvalue weighted by Gasteiger charge is 2.66. The van der Waals surface area contributed by atoms with E-state index < -0.39 is 0 Å². The highest BCUT2D eigenvalue weighted by Crippen LogP contribution is 2.70. The maximum atomic E-state index is 14.3. The van der Waals surface area contributed by atoms with Gasteiger partial charge in [-0.05, 0) is 91.3 Å². The van der Waals surface area contributed by atoms with E-state index in [-0.39, 0.29) is 45.7 Å². The fraction of sp³-hybridized carbons (Fsp3) is 0.758. The molecule has 1 N–H and O–H groups in total. The molecular formula is C33H45N3O3. The largest absolute Gasteiger partial charge is 0.361 e. The van der Waals surface area contributed by atoms with Crippen molar-refractivity contribution in [3.63, 3.8) is 0 Å². The molecule has 6 rings (SSSR count). The van der Waals surface area contributed by atoms with E-state index in [0.29, 0.717) is 42.1 Å². The van der Waals surface area contributed by atoms with E-state index in [4.69, 9.17) is 4.52 Å². The van der Waals surface area contributed by atoms with Crippen LogP contribution < -0.4 is 5.32 Å². The molecule has 0 spiro atoms. The first kappa shape index (κ1) is 26.9. The number of aryl methyl sites for hydroxylation is 1. The van der Waals surface area contributed by atoms with Gasteiger partial charge in [-0.15, -0.1) is 0 Å². The number of Topliss-reactive ketones (excluding diaryl/α,β-unsaturated/α-hetero) is 2. The lowest BCUT2D eigenvalue weighted by molar-refractivity contribution is -0.183. The Kier molecular flexibility index (Phi) is 6.49. The molecule has 0 bridgehead atoms. The summed E-state index contributed by atoms with van der Waals surface area (Å²) in [5.41, 5.74) is 1.19. The minimum atomic E-state index is -0.280. The number of hydrogen-bond acceptors (Lipinski definition) is 6. The van der Waals surface area contributed by atoms with E-state index >= 15 is 0 Å². The zero-order chi connectivity index (χ0) is 27.7. The summed E-state index contributed by atoms with van der Waals surface area (Å²) in [6, 6.07) is 4.20. The molecule has 0 radical (unpaired) electrons. The Balaban J connectivity index is 1.31. The molecule has 210 valence electrons. The summed E-state index contributed by atoms with van der Waals surface area (Å²) < 4.78 is 5.27. The van der Waals surface area contributed by atoms with E-state index in [1.807, 2.05) is 26.0 Å². The fourth-order valence-corrected chi connectivity index (χ4v) is 10.7. The van der Waals surface area contributed by atoms with Crippen molar-refractivity contribution in [3.8, 4) is 6.07 Å². The highest BCUT2D eigenvalue weighted by atomic mass is 16.5. The first-order chi connectivity index (χ1) is 18.5. The third-order valence-corrected chi connectivity index (χ3v) is 12.7. The Morgan fingerprint density at radius 3 is 2.56 bits per heavy atom. The van der Waals surface area contributed by atoms with Crippen LogP contribution in [-0.4, -0.2) is 23.3 Å². The van der Waals surface area contributed by atoms with Crippen LogP contribution in [0.2, 0.25) is 0 Å². The Morgan fingerprint density at radius 2 is 1.85 bits per heavy atom. The average molecular weight is 532 g/mol. The molecule has 39 heavy (non-hydrogen) atoms. The smallest absolute Gasteiger partial charge is 0.176 e. The van der Waals surface area contributed by atoms with E-state index in [1.165, 1.54) is 19.3 Å². The number of nitrogens with one attached hydrogen (secondary N) is 1. The average Bonchev–Trinajstić information content (AvgIpc) is 3.32. The lowest BCUT2D eigenvalue weighted by Crippen LogP contribution is -2.64. The number of rotatable bonds is 4. The number of fused-ring (bicyclic) bond motifs is 7. The molecule has 0 amide bonds. The summed E-state index contributed by atoms with van der Waals surface area (Å²) in [4.78, 5) is 27.3. The number of allylic oxidation sites excluding steroid dienone is 2. The number of carbonyl (C=O) groups excluding carboxylic acids is 2. The van der Waals surface area contributed by atoms with Gasteiger partial charge in [0.2, 0.25) is 0 Å². The highest BCUT2D eigenvalue weighted by molar-refractivity contribution is 6.01. The molecule has 1 aromatic heterocycles. The number of nitriles is 1. The van der Waals surface area contributed by atoms with Crippen molar-refractivity contribution in [1.29, 1.82) is 5.26 Å². The maximum absolute atomic E-state index is 14.3. The quantitative estimate of drug-likeness (QED) is 0.497. The second-order valence-electron chi connectivity index (χ2n) is 14.6. The molecule has 6 nitrogen and oxygen atoms in total. The molecule has 10 atom stereocenters. The van der Waals surface area contributed by atoms with Gasteiger partial charge >= 0.3 is 0 Å². The number of carbonyl (C=O) groups is 2. The van der Waals surface area contributed by atoms with Crippen LogP contribution in [0.1, 0.15) is 90.5 Å². The van der Waals surface area contributed by atoms with Gasteiger partial charge < -0.3 is 9.84 Å². The van der Waals surface area contributed by atoms with Gasteiger partial charge in [0, 0.05) is 37.4 Å². The van der Waals surface area contributed by atoms with Crippen LogP contribution in [0, 0.1) is 75.9 Å². The molecule has 0 aliphatic heterocycles. The summed E-state index contributed by atoms with van der Waals surface area (Å²) >= 11 is 0. The SMILES string of the molecule is Cc1cc(CNCC23CCC(C)CC2C2C(=O)CC4C5(C)C=C(C#N)C(=O)C(C)C5CCC4(C)C2CC3)no1. The summed E-state index contributed by atoms with van der Waals surface area (Å²) in [5.74, 6) is 3.12. The third-order valence-electron chi connectivity index (χ3n) is 12.7. The van der Waals surface area contributed by atoms with Crippen LogP contribution >= 0.6 is 0 Å². The minimum absolute atomic E-state index is 0.00415. The molecule has 6 heteroatoms. The van der Waals surface area contributed by atoms with Gasteiger partial charge in [-0.1, -0.05) is 45.3 Å². The van der Waals surface area contributed by atoms with Crippen LogP contribution in [0.5, 0.6) is 0 Å². The van der Waals surface area contributed by atoms with Crippen molar-refractivity contribution in [3.05, 3.63) is 29.2 Å². The van der Waals surface area contributed by atoms with Crippen molar-refractivity contribution in [1.82, 2.24) is 10.5 Å². The second kappa shape index (κ2) is 9.40. The summed E-state index contributed by atoms with van der Waals surface area (Å²) in [6.45, 7) is 12.7. The predicted octanol–water partition coefficient (Wildman–Crippen LogP) is 6.20. The zero-order valence-electron chi connectivity index (χ0n) is 24.4. The van der Waals surface area contributed by atoms with Crippen LogP contribution in [0.25, 0.3) is 0 Å². The number of hydrogen-bond donors (Lipinski definition) is 1. The Hall–Kier alpha value is -2.26. The summed E-state index contributed by atoms with van der Waals surface area (Å²) in [6.07, 6.45) is 10.5. The van der Waals surface area contributed by atoms with Gasteiger partial charge in [-0.3, -0.25) is 9.59 Å². The van der Waals surface area contributed by atoms with Gasteiger partial charge in [0.25, 0.3) is 0 Å². The molecular weight excluding hydrogens is 486 g/mol. The van der Waals surface area contributed by atoms with E-state index in [0.717, 1.165) is 43.7 Å². The number of nitrogens with zero attached hydrogens (tertiary/aromatic N) is 2. The van der Waals surface area contributed by atoms with Crippen molar-refractivity contribution in [2.24, 2.45) is 57.7 Å². The minimum Gasteiger partial charge on any atom is -0.361 e. The summed E-state index contributed by atoms with van der Waals surface area (Å²) in [7, 11) is 0. The van der Waals surface area contributed by atoms with Gasteiger partial charge in [-0.25, -0.2) is 0 Å². The van der Waals surface area contributed by atoms with E-state index in [2.05, 4.69) is 37.3 Å². The van der Waals surface area contributed by atoms with Crippen LogP contribution in [0.15, 0.2) is 22.2 Å². The van der Waals surface area contributed by atoms with Gasteiger partial charge in [-0.2, -0.15) is 5.26 Å². The first-order valence-corrected chi connectivity index (χ1v) is 15.4. The van der Waals surface area contributed by atoms with Crippen molar-refractivity contribution in [2.75, 3.05) is 6.54 Å². The predicted molar refractivity (Wildman–Crippen MR) is 148 cm³/mol. The Morgan fingerprint density at radius 1 is 1.10 bits per heavy atom. The monoisotopic (exact) mass is 531 g/mol. The van der Waals surface area contributed by atoms with E-state index in [1.54, 1.807) is 0 Å². The van der Waals surface area contributed by atoms with Gasteiger partial charge in [0.05, 0.1) is 11.3 Å². The fourth-order valence-electron chi connectivity index (χ4n) is 10.7. The number of aromatic nitrogens is 1. The van der Waals surface area contributed by atoms with Gasteiger partial charge in [0.15, 0.2) is 5.78 Å². The number of ketones is 2. The van der Waals surface area contributed by atoms with Crippen LogP contribution in [-0.2, 0) is 16.1 Å².